The molecule has 28 heavy (non-hydrogen) atoms. The summed E-state index contributed by atoms with van der Waals surface area (Å²) in [4.78, 5) is 29.0. The molecule has 0 radical (unpaired) electrons. The van der Waals surface area contributed by atoms with Crippen LogP contribution in [0.4, 0.5) is 13.2 Å². The van der Waals surface area contributed by atoms with Gasteiger partial charge in [0.15, 0.2) is 0 Å². The molecule has 4 nitrogen and oxygen atoms in total. The third-order valence-corrected chi connectivity index (χ3v) is 4.52. The number of carbonyl (C=O) groups is 1. The average Bonchev–Trinajstić information content (AvgIpc) is 2.64. The SMILES string of the molecule is CC(C)N(Cc1cc(=O)[nH]c2ccccc12)C(=O)c1ccccc1C(F)(F)F. The topological polar surface area (TPSA) is 53.2 Å². The number of nitrogens with zero attached hydrogens (tertiary/aromatic N) is 1. The maximum atomic E-state index is 13.3. The number of hydrogen-bond donors (Lipinski definition) is 1. The minimum Gasteiger partial charge on any atom is -0.332 e. The summed E-state index contributed by atoms with van der Waals surface area (Å²) in [7, 11) is 0. The monoisotopic (exact) mass is 388 g/mol. The highest BCUT2D eigenvalue weighted by atomic mass is 19.4. The van der Waals surface area contributed by atoms with Gasteiger partial charge >= 0.3 is 6.18 Å². The van der Waals surface area contributed by atoms with Crippen LogP contribution >= 0.6 is 0 Å². The van der Waals surface area contributed by atoms with Crippen LogP contribution in [0.3, 0.4) is 0 Å². The molecule has 1 heterocycles. The second-order valence-corrected chi connectivity index (χ2v) is 6.77. The summed E-state index contributed by atoms with van der Waals surface area (Å²) in [5.74, 6) is -0.729. The normalized spacial score (nSPS) is 11.8. The van der Waals surface area contributed by atoms with Gasteiger partial charge in [0.05, 0.1) is 11.1 Å². The maximum absolute atomic E-state index is 13.3. The fraction of sp³-hybridized carbons (Fsp3) is 0.238. The summed E-state index contributed by atoms with van der Waals surface area (Å²) < 4.78 is 40.0. The van der Waals surface area contributed by atoms with Crippen molar-refractivity contribution in [2.45, 2.75) is 32.6 Å². The lowest BCUT2D eigenvalue weighted by molar-refractivity contribution is -0.138. The number of aromatic amines is 1. The lowest BCUT2D eigenvalue weighted by atomic mass is 10.0. The van der Waals surface area contributed by atoms with Gasteiger partial charge < -0.3 is 9.88 Å². The van der Waals surface area contributed by atoms with Gasteiger partial charge in [-0.3, -0.25) is 9.59 Å². The largest absolute Gasteiger partial charge is 0.417 e. The van der Waals surface area contributed by atoms with E-state index >= 15 is 0 Å². The van der Waals surface area contributed by atoms with Gasteiger partial charge in [-0.1, -0.05) is 30.3 Å². The van der Waals surface area contributed by atoms with Crippen LogP contribution in [0.2, 0.25) is 0 Å². The quantitative estimate of drug-likeness (QED) is 0.710. The van der Waals surface area contributed by atoms with Crippen LogP contribution in [0.15, 0.2) is 59.4 Å². The molecule has 1 amide bonds. The highest BCUT2D eigenvalue weighted by Crippen LogP contribution is 2.33. The van der Waals surface area contributed by atoms with E-state index < -0.39 is 23.2 Å². The molecule has 0 saturated heterocycles. The Morgan fingerprint density at radius 1 is 1.07 bits per heavy atom. The van der Waals surface area contributed by atoms with Crippen LogP contribution < -0.4 is 5.56 Å². The van der Waals surface area contributed by atoms with Gasteiger partial charge in [0.25, 0.3) is 5.91 Å². The van der Waals surface area contributed by atoms with E-state index in [9.17, 15) is 22.8 Å². The van der Waals surface area contributed by atoms with Crippen LogP contribution in [0.25, 0.3) is 10.9 Å². The molecule has 0 unspecified atom stereocenters. The zero-order valence-corrected chi connectivity index (χ0v) is 15.4. The Morgan fingerprint density at radius 2 is 1.71 bits per heavy atom. The van der Waals surface area contributed by atoms with Crippen LogP contribution in [-0.4, -0.2) is 21.8 Å². The van der Waals surface area contributed by atoms with Crippen LogP contribution in [0.1, 0.15) is 35.3 Å². The van der Waals surface area contributed by atoms with Crippen molar-refractivity contribution < 1.29 is 18.0 Å². The Morgan fingerprint density at radius 3 is 2.39 bits per heavy atom. The van der Waals surface area contributed by atoms with E-state index in [0.29, 0.717) is 11.1 Å². The predicted molar refractivity (Wildman–Crippen MR) is 101 cm³/mol. The van der Waals surface area contributed by atoms with E-state index in [1.807, 2.05) is 0 Å². The molecule has 2 aromatic carbocycles. The smallest absolute Gasteiger partial charge is 0.332 e. The highest BCUT2D eigenvalue weighted by Gasteiger charge is 2.36. The molecular weight excluding hydrogens is 369 g/mol. The van der Waals surface area contributed by atoms with Gasteiger partial charge in [0, 0.05) is 29.6 Å². The molecule has 3 aromatic rings. The number of halogens is 3. The lowest BCUT2D eigenvalue weighted by Crippen LogP contribution is -2.37. The number of para-hydroxylation sites is 1. The zero-order valence-electron chi connectivity index (χ0n) is 15.4. The molecule has 0 atom stereocenters. The molecule has 0 spiro atoms. The number of hydrogen-bond acceptors (Lipinski definition) is 2. The Labute approximate surface area is 159 Å². The molecule has 1 N–H and O–H groups in total. The molecule has 7 heteroatoms. The minimum absolute atomic E-state index is 0.0210. The molecule has 0 aliphatic rings. The van der Waals surface area contributed by atoms with E-state index in [1.54, 1.807) is 38.1 Å². The molecule has 1 aromatic heterocycles. The van der Waals surface area contributed by atoms with Gasteiger partial charge in [-0.2, -0.15) is 13.2 Å². The molecule has 0 aliphatic heterocycles. The lowest BCUT2D eigenvalue weighted by Gasteiger charge is -2.28. The molecule has 3 rings (SSSR count). The second kappa shape index (κ2) is 7.50. The first-order valence-electron chi connectivity index (χ1n) is 8.76. The van der Waals surface area contributed by atoms with Gasteiger partial charge in [0.2, 0.25) is 5.56 Å². The van der Waals surface area contributed by atoms with Crippen molar-refractivity contribution in [2.24, 2.45) is 0 Å². The van der Waals surface area contributed by atoms with Crippen molar-refractivity contribution >= 4 is 16.8 Å². The summed E-state index contributed by atoms with van der Waals surface area (Å²) in [6.07, 6.45) is -4.63. The number of rotatable bonds is 4. The average molecular weight is 388 g/mol. The van der Waals surface area contributed by atoms with E-state index in [4.69, 9.17) is 0 Å². The summed E-state index contributed by atoms with van der Waals surface area (Å²) in [5.41, 5.74) is -0.525. The van der Waals surface area contributed by atoms with Crippen molar-refractivity contribution in [2.75, 3.05) is 0 Å². The Kier molecular flexibility index (Phi) is 5.27. The Balaban J connectivity index is 2.05. The predicted octanol–water partition coefficient (Wildman–Crippen LogP) is 4.60. The fourth-order valence-electron chi connectivity index (χ4n) is 3.15. The van der Waals surface area contributed by atoms with E-state index in [1.165, 1.54) is 29.2 Å². The molecule has 0 aliphatic carbocycles. The first-order valence-corrected chi connectivity index (χ1v) is 8.76. The van der Waals surface area contributed by atoms with E-state index in [2.05, 4.69) is 4.98 Å². The van der Waals surface area contributed by atoms with E-state index in [-0.39, 0.29) is 18.1 Å². The van der Waals surface area contributed by atoms with E-state index in [0.717, 1.165) is 11.5 Å². The number of H-pyrrole nitrogens is 1. The second-order valence-electron chi connectivity index (χ2n) is 6.77. The standard InChI is InChI=1S/C21H19F3N2O2/c1-13(2)26(20(28)16-8-3-5-9-17(16)21(22,23)24)12-14-11-19(27)25-18-10-6-4-7-15(14)18/h3-11,13H,12H2,1-2H3,(H,25,27). The summed E-state index contributed by atoms with van der Waals surface area (Å²) in [6, 6.07) is 12.8. The molecule has 0 bridgehead atoms. The van der Waals surface area contributed by atoms with Crippen LogP contribution in [0, 0.1) is 0 Å². The van der Waals surface area contributed by atoms with Gasteiger partial charge in [0.1, 0.15) is 0 Å². The number of carbonyl (C=O) groups excluding carboxylic acids is 1. The first kappa shape index (κ1) is 19.7. The number of aromatic nitrogens is 1. The highest BCUT2D eigenvalue weighted by molar-refractivity contribution is 5.96. The number of nitrogens with one attached hydrogen (secondary N) is 1. The molecule has 0 fully saturated rings. The van der Waals surface area contributed by atoms with Crippen molar-refractivity contribution in [1.29, 1.82) is 0 Å². The van der Waals surface area contributed by atoms with Crippen molar-refractivity contribution in [3.63, 3.8) is 0 Å². The number of amides is 1. The number of alkyl halides is 3. The molecule has 0 saturated carbocycles. The summed E-state index contributed by atoms with van der Waals surface area (Å²) in [6.45, 7) is 3.47. The van der Waals surface area contributed by atoms with Crippen molar-refractivity contribution in [3.8, 4) is 0 Å². The molecular formula is C21H19F3N2O2. The number of pyridine rings is 1. The van der Waals surface area contributed by atoms with Gasteiger partial charge in [-0.05, 0) is 37.6 Å². The first-order chi connectivity index (χ1) is 13.2. The van der Waals surface area contributed by atoms with Crippen molar-refractivity contribution in [1.82, 2.24) is 9.88 Å². The van der Waals surface area contributed by atoms with Gasteiger partial charge in [-0.15, -0.1) is 0 Å². The van der Waals surface area contributed by atoms with Crippen LogP contribution in [0.5, 0.6) is 0 Å². The number of fused-ring (bicyclic) bond motifs is 1. The van der Waals surface area contributed by atoms with Crippen LogP contribution in [-0.2, 0) is 12.7 Å². The van der Waals surface area contributed by atoms with Gasteiger partial charge in [-0.25, -0.2) is 0 Å². The third kappa shape index (κ3) is 3.93. The van der Waals surface area contributed by atoms with Crippen molar-refractivity contribution in [3.05, 3.63) is 81.6 Å². The maximum Gasteiger partial charge on any atom is 0.417 e. The summed E-state index contributed by atoms with van der Waals surface area (Å²) in [5, 5.41) is 0.740. The molecule has 146 valence electrons. The third-order valence-electron chi connectivity index (χ3n) is 4.52. The minimum atomic E-state index is -4.63. The summed E-state index contributed by atoms with van der Waals surface area (Å²) >= 11 is 0. The Bertz CT molecular complexity index is 1070. The Hall–Kier alpha value is -3.09. The zero-order chi connectivity index (χ0) is 20.5. The fourth-order valence-corrected chi connectivity index (χ4v) is 3.15. The number of benzene rings is 2.